The summed E-state index contributed by atoms with van der Waals surface area (Å²) in [5.41, 5.74) is 2.49. The van der Waals surface area contributed by atoms with Crippen LogP contribution in [0.3, 0.4) is 0 Å². The molecule has 0 bridgehead atoms. The summed E-state index contributed by atoms with van der Waals surface area (Å²) >= 11 is 0. The van der Waals surface area contributed by atoms with E-state index in [1.54, 1.807) is 11.9 Å². The van der Waals surface area contributed by atoms with E-state index >= 15 is 0 Å². The lowest BCUT2D eigenvalue weighted by Gasteiger charge is -2.16. The van der Waals surface area contributed by atoms with Gasteiger partial charge in [-0.05, 0) is 18.6 Å². The molecule has 19 heavy (non-hydrogen) atoms. The van der Waals surface area contributed by atoms with Gasteiger partial charge in [0.05, 0.1) is 4.92 Å². The summed E-state index contributed by atoms with van der Waals surface area (Å²) in [5, 5.41) is 10.9. The zero-order valence-corrected chi connectivity index (χ0v) is 11.0. The molecule has 7 nitrogen and oxygen atoms in total. The largest absolute Gasteiger partial charge is 0.342 e. The first-order valence-corrected chi connectivity index (χ1v) is 6.01. The topological polar surface area (TPSA) is 102 Å². The summed E-state index contributed by atoms with van der Waals surface area (Å²) in [6, 6.07) is 4.19. The maximum absolute atomic E-state index is 12.1. The van der Waals surface area contributed by atoms with E-state index in [1.165, 1.54) is 18.2 Å². The summed E-state index contributed by atoms with van der Waals surface area (Å²) < 4.78 is 0. The van der Waals surface area contributed by atoms with Crippen molar-refractivity contribution >= 4 is 17.3 Å². The molecule has 1 amide bonds. The number of nitrogen functional groups attached to an aromatic ring is 1. The Balaban J connectivity index is 2.98. The molecular weight excluding hydrogens is 248 g/mol. The third-order valence-corrected chi connectivity index (χ3v) is 2.79. The molecule has 0 unspecified atom stereocenters. The van der Waals surface area contributed by atoms with Crippen LogP contribution in [0.4, 0.5) is 11.4 Å². The van der Waals surface area contributed by atoms with E-state index < -0.39 is 4.92 Å². The zero-order valence-electron chi connectivity index (χ0n) is 11.0. The van der Waals surface area contributed by atoms with Crippen molar-refractivity contribution in [3.8, 4) is 0 Å². The number of nitrogens with zero attached hydrogens (tertiary/aromatic N) is 2. The minimum atomic E-state index is -0.571. The van der Waals surface area contributed by atoms with Crippen LogP contribution in [0.1, 0.15) is 30.1 Å². The normalized spacial score (nSPS) is 10.1. The standard InChI is InChI=1S/C12H18N4O3/c1-3-4-7-15(2)12(17)9-5-6-10(14-13)11(8-9)16(18)19/h5-6,8,14H,3-4,7,13H2,1-2H3. The van der Waals surface area contributed by atoms with Gasteiger partial charge in [-0.2, -0.15) is 0 Å². The van der Waals surface area contributed by atoms with E-state index in [0.29, 0.717) is 6.54 Å². The van der Waals surface area contributed by atoms with Gasteiger partial charge in [-0.15, -0.1) is 0 Å². The number of hydrogen-bond donors (Lipinski definition) is 2. The number of amides is 1. The van der Waals surface area contributed by atoms with Gasteiger partial charge < -0.3 is 10.3 Å². The van der Waals surface area contributed by atoms with Crippen LogP contribution in [0.15, 0.2) is 18.2 Å². The fourth-order valence-corrected chi connectivity index (χ4v) is 1.65. The van der Waals surface area contributed by atoms with Gasteiger partial charge in [-0.3, -0.25) is 20.8 Å². The number of nitro groups is 1. The Hall–Kier alpha value is -2.15. The van der Waals surface area contributed by atoms with Gasteiger partial charge in [0.15, 0.2) is 0 Å². The average molecular weight is 266 g/mol. The second kappa shape index (κ2) is 6.69. The molecule has 1 rings (SSSR count). The lowest BCUT2D eigenvalue weighted by molar-refractivity contribution is -0.384. The molecule has 0 aromatic heterocycles. The number of benzene rings is 1. The monoisotopic (exact) mass is 266 g/mol. The highest BCUT2D eigenvalue weighted by Crippen LogP contribution is 2.25. The van der Waals surface area contributed by atoms with Crippen LogP contribution in [-0.4, -0.2) is 29.3 Å². The summed E-state index contributed by atoms with van der Waals surface area (Å²) in [5.74, 6) is 4.95. The highest BCUT2D eigenvalue weighted by atomic mass is 16.6. The van der Waals surface area contributed by atoms with E-state index in [0.717, 1.165) is 12.8 Å². The maximum atomic E-state index is 12.1. The summed E-state index contributed by atoms with van der Waals surface area (Å²) in [7, 11) is 1.68. The first-order chi connectivity index (χ1) is 9.01. The summed E-state index contributed by atoms with van der Waals surface area (Å²) in [6.07, 6.45) is 1.88. The van der Waals surface area contributed by atoms with Gasteiger partial charge in [0.2, 0.25) is 0 Å². The lowest BCUT2D eigenvalue weighted by Crippen LogP contribution is -2.27. The van der Waals surface area contributed by atoms with Crippen molar-refractivity contribution in [2.45, 2.75) is 19.8 Å². The Kier molecular flexibility index (Phi) is 5.25. The van der Waals surface area contributed by atoms with Gasteiger partial charge in [0.25, 0.3) is 11.6 Å². The summed E-state index contributed by atoms with van der Waals surface area (Å²) in [6.45, 7) is 2.66. The van der Waals surface area contributed by atoms with Crippen LogP contribution in [-0.2, 0) is 0 Å². The number of anilines is 1. The number of carbonyl (C=O) groups is 1. The molecule has 0 aliphatic rings. The number of nitrogens with one attached hydrogen (secondary N) is 1. The summed E-state index contributed by atoms with van der Waals surface area (Å²) in [4.78, 5) is 23.9. The molecule has 3 N–H and O–H groups in total. The van der Waals surface area contributed by atoms with Gasteiger partial charge in [-0.25, -0.2) is 0 Å². The molecular formula is C12H18N4O3. The van der Waals surface area contributed by atoms with Gasteiger partial charge in [0, 0.05) is 25.2 Å². The van der Waals surface area contributed by atoms with E-state index in [1.807, 2.05) is 6.92 Å². The highest BCUT2D eigenvalue weighted by Gasteiger charge is 2.18. The molecule has 0 heterocycles. The van der Waals surface area contributed by atoms with Crippen molar-refractivity contribution in [1.29, 1.82) is 0 Å². The van der Waals surface area contributed by atoms with E-state index in [9.17, 15) is 14.9 Å². The van der Waals surface area contributed by atoms with E-state index in [2.05, 4.69) is 5.43 Å². The predicted octanol–water partition coefficient (Wildman–Crippen LogP) is 1.75. The lowest BCUT2D eigenvalue weighted by atomic mass is 10.1. The van der Waals surface area contributed by atoms with Gasteiger partial charge in [0.1, 0.15) is 5.69 Å². The van der Waals surface area contributed by atoms with Crippen LogP contribution in [0, 0.1) is 10.1 Å². The van der Waals surface area contributed by atoms with Crippen LogP contribution >= 0.6 is 0 Å². The van der Waals surface area contributed by atoms with Gasteiger partial charge in [-0.1, -0.05) is 13.3 Å². The Morgan fingerprint density at radius 1 is 1.53 bits per heavy atom. The quantitative estimate of drug-likeness (QED) is 0.464. The fourth-order valence-electron chi connectivity index (χ4n) is 1.65. The van der Waals surface area contributed by atoms with Crippen LogP contribution in [0.2, 0.25) is 0 Å². The maximum Gasteiger partial charge on any atom is 0.294 e. The third kappa shape index (κ3) is 3.65. The predicted molar refractivity (Wildman–Crippen MR) is 72.8 cm³/mol. The minimum absolute atomic E-state index is 0.178. The van der Waals surface area contributed by atoms with Crippen LogP contribution < -0.4 is 11.3 Å². The molecule has 0 aliphatic carbocycles. The number of carbonyl (C=O) groups excluding carboxylic acids is 1. The first kappa shape index (κ1) is 14.9. The first-order valence-electron chi connectivity index (χ1n) is 6.01. The van der Waals surface area contributed by atoms with Crippen LogP contribution in [0.5, 0.6) is 0 Å². The molecule has 0 aliphatic heterocycles. The van der Waals surface area contributed by atoms with Crippen molar-refractivity contribution < 1.29 is 9.72 Å². The molecule has 0 saturated carbocycles. The number of rotatable bonds is 6. The number of nitro benzene ring substituents is 1. The molecule has 0 saturated heterocycles. The van der Waals surface area contributed by atoms with Crippen molar-refractivity contribution in [3.05, 3.63) is 33.9 Å². The Bertz CT molecular complexity index is 476. The van der Waals surface area contributed by atoms with E-state index in [4.69, 9.17) is 5.84 Å². The molecule has 0 spiro atoms. The van der Waals surface area contributed by atoms with Gasteiger partial charge >= 0.3 is 0 Å². The molecule has 104 valence electrons. The Morgan fingerprint density at radius 3 is 2.74 bits per heavy atom. The molecule has 0 radical (unpaired) electrons. The zero-order chi connectivity index (χ0) is 14.4. The number of hydrazine groups is 1. The van der Waals surface area contributed by atoms with E-state index in [-0.39, 0.29) is 22.8 Å². The van der Waals surface area contributed by atoms with Crippen molar-refractivity contribution in [2.24, 2.45) is 5.84 Å². The van der Waals surface area contributed by atoms with Crippen molar-refractivity contribution in [3.63, 3.8) is 0 Å². The highest BCUT2D eigenvalue weighted by molar-refractivity contribution is 5.95. The third-order valence-electron chi connectivity index (χ3n) is 2.79. The Labute approximate surface area is 111 Å². The average Bonchev–Trinajstić information content (AvgIpc) is 2.42. The number of nitrogens with two attached hydrogens (primary N) is 1. The smallest absolute Gasteiger partial charge is 0.294 e. The number of unbranched alkanes of at least 4 members (excludes halogenated alkanes) is 1. The SMILES string of the molecule is CCCCN(C)C(=O)c1ccc(NN)c([N+](=O)[O-])c1. The fraction of sp³-hybridized carbons (Fsp3) is 0.417. The molecule has 1 aromatic rings. The number of hydrogen-bond acceptors (Lipinski definition) is 5. The Morgan fingerprint density at radius 2 is 2.21 bits per heavy atom. The minimum Gasteiger partial charge on any atom is -0.342 e. The molecule has 7 heteroatoms. The van der Waals surface area contributed by atoms with Crippen LogP contribution in [0.25, 0.3) is 0 Å². The second-order valence-corrected chi connectivity index (χ2v) is 4.21. The van der Waals surface area contributed by atoms with Crippen molar-refractivity contribution in [2.75, 3.05) is 19.0 Å². The molecule has 0 fully saturated rings. The molecule has 0 atom stereocenters. The second-order valence-electron chi connectivity index (χ2n) is 4.21. The molecule has 1 aromatic carbocycles. The van der Waals surface area contributed by atoms with Crippen molar-refractivity contribution in [1.82, 2.24) is 4.90 Å².